The summed E-state index contributed by atoms with van der Waals surface area (Å²) in [5.74, 6) is 0. The van der Waals surface area contributed by atoms with Crippen LogP contribution in [0.1, 0.15) is 18.9 Å². The molecule has 0 saturated carbocycles. The zero-order chi connectivity index (χ0) is 14.0. The summed E-state index contributed by atoms with van der Waals surface area (Å²) in [6, 6.07) is 4.18. The maximum absolute atomic E-state index is 12.6. The molecule has 0 aliphatic carbocycles. The van der Waals surface area contributed by atoms with Gasteiger partial charge in [0.2, 0.25) is 0 Å². The van der Waals surface area contributed by atoms with Gasteiger partial charge in [0.05, 0.1) is 11.3 Å². The highest BCUT2D eigenvalue weighted by Gasteiger charge is 2.31. The fourth-order valence-corrected chi connectivity index (χ4v) is 2.97. The van der Waals surface area contributed by atoms with Crippen LogP contribution in [0.5, 0.6) is 0 Å². The van der Waals surface area contributed by atoms with Crippen LogP contribution in [0.15, 0.2) is 22.7 Å². The van der Waals surface area contributed by atoms with Gasteiger partial charge in [-0.3, -0.25) is 0 Å². The molecule has 1 N–H and O–H groups in total. The first-order valence-electron chi connectivity index (χ1n) is 6.27. The molecule has 1 aliphatic heterocycles. The van der Waals surface area contributed by atoms with E-state index in [0.29, 0.717) is 10.5 Å². The van der Waals surface area contributed by atoms with Gasteiger partial charge in [-0.2, -0.15) is 13.2 Å². The zero-order valence-corrected chi connectivity index (χ0v) is 12.2. The highest BCUT2D eigenvalue weighted by molar-refractivity contribution is 9.10. The van der Waals surface area contributed by atoms with Crippen molar-refractivity contribution in [2.45, 2.75) is 25.6 Å². The van der Waals surface area contributed by atoms with E-state index in [4.69, 9.17) is 0 Å². The van der Waals surface area contributed by atoms with Crippen LogP contribution in [0.3, 0.4) is 0 Å². The molecule has 0 aromatic heterocycles. The van der Waals surface area contributed by atoms with Gasteiger partial charge < -0.3 is 10.2 Å². The molecule has 2 rings (SSSR count). The minimum atomic E-state index is -4.30. The average Bonchev–Trinajstić information content (AvgIpc) is 2.37. The molecule has 1 aliphatic rings. The summed E-state index contributed by atoms with van der Waals surface area (Å²) < 4.78 is 38.4. The van der Waals surface area contributed by atoms with Gasteiger partial charge in [0.15, 0.2) is 0 Å². The maximum Gasteiger partial charge on any atom is 0.416 e. The minimum Gasteiger partial charge on any atom is -0.365 e. The highest BCUT2D eigenvalue weighted by atomic mass is 79.9. The van der Waals surface area contributed by atoms with Gasteiger partial charge in [0.1, 0.15) is 0 Å². The predicted octanol–water partition coefficient (Wildman–Crippen LogP) is 3.66. The van der Waals surface area contributed by atoms with Crippen LogP contribution in [-0.2, 0) is 6.18 Å². The van der Waals surface area contributed by atoms with E-state index in [9.17, 15) is 13.2 Å². The standard InChI is InChI=1S/C13H16BrF3N2/c1-2-10-8-18-5-6-19(10)12-4-3-9(7-11(12)14)13(15,16)17/h3-4,7,10,18H,2,5-6,8H2,1H3. The molecular weight excluding hydrogens is 321 g/mol. The van der Waals surface area contributed by atoms with Crippen molar-refractivity contribution in [1.29, 1.82) is 0 Å². The van der Waals surface area contributed by atoms with Crippen LogP contribution in [-0.4, -0.2) is 25.7 Å². The second-order valence-corrected chi connectivity index (χ2v) is 5.48. The van der Waals surface area contributed by atoms with Gasteiger partial charge >= 0.3 is 6.18 Å². The van der Waals surface area contributed by atoms with E-state index in [1.165, 1.54) is 0 Å². The highest BCUT2D eigenvalue weighted by Crippen LogP contribution is 2.36. The number of piperazine rings is 1. The van der Waals surface area contributed by atoms with Crippen molar-refractivity contribution in [1.82, 2.24) is 5.32 Å². The molecule has 19 heavy (non-hydrogen) atoms. The van der Waals surface area contributed by atoms with Crippen molar-refractivity contribution in [3.05, 3.63) is 28.2 Å². The Bertz CT molecular complexity index is 448. The van der Waals surface area contributed by atoms with Gasteiger partial charge in [-0.1, -0.05) is 6.92 Å². The number of benzene rings is 1. The number of anilines is 1. The van der Waals surface area contributed by atoms with E-state index >= 15 is 0 Å². The lowest BCUT2D eigenvalue weighted by Gasteiger charge is -2.38. The molecule has 0 spiro atoms. The molecule has 106 valence electrons. The summed E-state index contributed by atoms with van der Waals surface area (Å²) in [6.45, 7) is 4.61. The van der Waals surface area contributed by atoms with Crippen molar-refractivity contribution >= 4 is 21.6 Å². The summed E-state index contributed by atoms with van der Waals surface area (Å²) in [7, 11) is 0. The van der Waals surface area contributed by atoms with Crippen molar-refractivity contribution < 1.29 is 13.2 Å². The first-order valence-corrected chi connectivity index (χ1v) is 7.07. The quantitative estimate of drug-likeness (QED) is 0.886. The minimum absolute atomic E-state index is 0.321. The average molecular weight is 337 g/mol. The van der Waals surface area contributed by atoms with Gasteiger partial charge in [-0.15, -0.1) is 0 Å². The zero-order valence-electron chi connectivity index (χ0n) is 10.6. The smallest absolute Gasteiger partial charge is 0.365 e. The van der Waals surface area contributed by atoms with Crippen LogP contribution >= 0.6 is 15.9 Å². The second kappa shape index (κ2) is 5.71. The predicted molar refractivity (Wildman–Crippen MR) is 73.4 cm³/mol. The Morgan fingerprint density at radius 3 is 2.74 bits per heavy atom. The number of hydrogen-bond donors (Lipinski definition) is 1. The van der Waals surface area contributed by atoms with Crippen LogP contribution in [0, 0.1) is 0 Å². The molecule has 1 atom stereocenters. The Morgan fingerprint density at radius 2 is 2.16 bits per heavy atom. The Hall–Kier alpha value is -0.750. The van der Waals surface area contributed by atoms with E-state index in [2.05, 4.69) is 33.1 Å². The topological polar surface area (TPSA) is 15.3 Å². The Morgan fingerprint density at radius 1 is 1.42 bits per heavy atom. The van der Waals surface area contributed by atoms with Gasteiger partial charge in [0.25, 0.3) is 0 Å². The third kappa shape index (κ3) is 3.23. The molecule has 0 bridgehead atoms. The van der Waals surface area contributed by atoms with Crippen molar-refractivity contribution in [3.8, 4) is 0 Å². The van der Waals surface area contributed by atoms with Crippen molar-refractivity contribution in [3.63, 3.8) is 0 Å². The molecule has 1 aromatic carbocycles. The largest absolute Gasteiger partial charge is 0.416 e. The van der Waals surface area contributed by atoms with Crippen LogP contribution in [0.4, 0.5) is 18.9 Å². The summed E-state index contributed by atoms with van der Waals surface area (Å²) in [5, 5.41) is 3.30. The van der Waals surface area contributed by atoms with Crippen LogP contribution in [0.25, 0.3) is 0 Å². The fraction of sp³-hybridized carbons (Fsp3) is 0.538. The number of hydrogen-bond acceptors (Lipinski definition) is 2. The Kier molecular flexibility index (Phi) is 4.40. The molecule has 1 fully saturated rings. The summed E-state index contributed by atoms with van der Waals surface area (Å²) in [4.78, 5) is 2.17. The summed E-state index contributed by atoms with van der Waals surface area (Å²) >= 11 is 3.27. The van der Waals surface area contributed by atoms with E-state index in [0.717, 1.165) is 43.9 Å². The fourth-order valence-electron chi connectivity index (χ4n) is 2.36. The first-order chi connectivity index (χ1) is 8.93. The van der Waals surface area contributed by atoms with Crippen molar-refractivity contribution in [2.75, 3.05) is 24.5 Å². The van der Waals surface area contributed by atoms with Gasteiger partial charge in [-0.25, -0.2) is 0 Å². The molecule has 1 saturated heterocycles. The Labute approximate surface area is 119 Å². The van der Waals surface area contributed by atoms with Crippen LogP contribution in [0.2, 0.25) is 0 Å². The summed E-state index contributed by atoms with van der Waals surface area (Å²) in [6.07, 6.45) is -3.34. The second-order valence-electron chi connectivity index (χ2n) is 4.62. The normalized spacial score (nSPS) is 20.7. The maximum atomic E-state index is 12.6. The lowest BCUT2D eigenvalue weighted by atomic mass is 10.1. The number of nitrogens with zero attached hydrogens (tertiary/aromatic N) is 1. The van der Waals surface area contributed by atoms with E-state index < -0.39 is 11.7 Å². The first kappa shape index (κ1) is 14.7. The number of rotatable bonds is 2. The number of halogens is 4. The molecular formula is C13H16BrF3N2. The molecule has 2 nitrogen and oxygen atoms in total. The van der Waals surface area contributed by atoms with Gasteiger partial charge in [0, 0.05) is 30.1 Å². The third-order valence-electron chi connectivity index (χ3n) is 3.41. The SMILES string of the molecule is CCC1CNCCN1c1ccc(C(F)(F)F)cc1Br. The van der Waals surface area contributed by atoms with E-state index in [-0.39, 0.29) is 0 Å². The number of alkyl halides is 3. The Balaban J connectivity index is 2.30. The number of nitrogens with one attached hydrogen (secondary N) is 1. The monoisotopic (exact) mass is 336 g/mol. The lowest BCUT2D eigenvalue weighted by molar-refractivity contribution is -0.137. The third-order valence-corrected chi connectivity index (χ3v) is 4.04. The summed E-state index contributed by atoms with van der Waals surface area (Å²) in [5.41, 5.74) is 0.215. The van der Waals surface area contributed by atoms with Gasteiger partial charge in [-0.05, 0) is 40.5 Å². The molecule has 6 heteroatoms. The molecule has 0 amide bonds. The lowest BCUT2D eigenvalue weighted by Crippen LogP contribution is -2.51. The molecule has 1 unspecified atom stereocenters. The molecule has 1 heterocycles. The van der Waals surface area contributed by atoms with Crippen LogP contribution < -0.4 is 10.2 Å². The van der Waals surface area contributed by atoms with Crippen molar-refractivity contribution in [2.24, 2.45) is 0 Å². The van der Waals surface area contributed by atoms with E-state index in [1.807, 2.05) is 0 Å². The molecule has 0 radical (unpaired) electrons. The van der Waals surface area contributed by atoms with E-state index in [1.54, 1.807) is 6.07 Å². The molecule has 1 aromatic rings.